The molecular formula is C10H23NO. The molecule has 0 spiro atoms. The highest BCUT2D eigenvalue weighted by atomic mass is 16.5. The monoisotopic (exact) mass is 173 g/mol. The Morgan fingerprint density at radius 2 is 2.00 bits per heavy atom. The Morgan fingerprint density at radius 3 is 2.58 bits per heavy atom. The Labute approximate surface area is 76.7 Å². The molecule has 0 heterocycles. The lowest BCUT2D eigenvalue weighted by molar-refractivity contribution is 0.114. The molecule has 1 unspecified atom stereocenters. The summed E-state index contributed by atoms with van der Waals surface area (Å²) in [5.41, 5.74) is 0. The lowest BCUT2D eigenvalue weighted by Gasteiger charge is -2.10. The maximum absolute atomic E-state index is 5.47. The second-order valence-electron chi connectivity index (χ2n) is 3.33. The van der Waals surface area contributed by atoms with E-state index in [2.05, 4.69) is 19.2 Å². The predicted octanol–water partition coefficient (Wildman–Crippen LogP) is 2.19. The van der Waals surface area contributed by atoms with Crippen LogP contribution in [0.25, 0.3) is 0 Å². The molecule has 0 amide bonds. The summed E-state index contributed by atoms with van der Waals surface area (Å²) in [6.07, 6.45) is 5.16. The van der Waals surface area contributed by atoms with Crippen LogP contribution in [-0.4, -0.2) is 26.3 Å². The molecule has 0 fully saturated rings. The van der Waals surface area contributed by atoms with Gasteiger partial charge < -0.3 is 10.1 Å². The van der Waals surface area contributed by atoms with Crippen LogP contribution < -0.4 is 5.32 Å². The maximum Gasteiger partial charge on any atom is 0.0616 e. The normalized spacial score (nSPS) is 13.2. The number of ether oxygens (including phenoxy) is 1. The van der Waals surface area contributed by atoms with Gasteiger partial charge in [-0.3, -0.25) is 0 Å². The SMILES string of the molecule is CCCCCCOCC(C)NC. The van der Waals surface area contributed by atoms with Gasteiger partial charge in [0.05, 0.1) is 6.61 Å². The summed E-state index contributed by atoms with van der Waals surface area (Å²) in [5.74, 6) is 0. The molecular weight excluding hydrogens is 150 g/mol. The van der Waals surface area contributed by atoms with Gasteiger partial charge in [-0.2, -0.15) is 0 Å². The van der Waals surface area contributed by atoms with E-state index in [1.165, 1.54) is 25.7 Å². The number of nitrogens with one attached hydrogen (secondary N) is 1. The van der Waals surface area contributed by atoms with Gasteiger partial charge in [0.1, 0.15) is 0 Å². The van der Waals surface area contributed by atoms with E-state index in [-0.39, 0.29) is 0 Å². The summed E-state index contributed by atoms with van der Waals surface area (Å²) in [4.78, 5) is 0. The van der Waals surface area contributed by atoms with Crippen LogP contribution in [0.4, 0.5) is 0 Å². The van der Waals surface area contributed by atoms with Crippen LogP contribution in [0.15, 0.2) is 0 Å². The summed E-state index contributed by atoms with van der Waals surface area (Å²) in [7, 11) is 1.96. The molecule has 0 radical (unpaired) electrons. The lowest BCUT2D eigenvalue weighted by atomic mass is 10.2. The molecule has 1 N–H and O–H groups in total. The number of hydrogen-bond donors (Lipinski definition) is 1. The molecule has 2 nitrogen and oxygen atoms in total. The fourth-order valence-corrected chi connectivity index (χ4v) is 0.974. The van der Waals surface area contributed by atoms with Crippen molar-refractivity contribution in [1.82, 2.24) is 5.32 Å². The summed E-state index contributed by atoms with van der Waals surface area (Å²) >= 11 is 0. The highest BCUT2D eigenvalue weighted by molar-refractivity contribution is 4.53. The second kappa shape index (κ2) is 9.01. The van der Waals surface area contributed by atoms with Gasteiger partial charge in [-0.05, 0) is 20.4 Å². The molecule has 0 rings (SSSR count). The summed E-state index contributed by atoms with van der Waals surface area (Å²) in [5, 5.41) is 3.14. The number of likely N-dealkylation sites (N-methyl/N-ethyl adjacent to an activating group) is 1. The minimum atomic E-state index is 0.483. The van der Waals surface area contributed by atoms with Gasteiger partial charge in [0, 0.05) is 12.6 Å². The molecule has 12 heavy (non-hydrogen) atoms. The van der Waals surface area contributed by atoms with Crippen LogP contribution in [0, 0.1) is 0 Å². The van der Waals surface area contributed by atoms with Crippen molar-refractivity contribution in [1.29, 1.82) is 0 Å². The number of rotatable bonds is 8. The van der Waals surface area contributed by atoms with Gasteiger partial charge >= 0.3 is 0 Å². The van der Waals surface area contributed by atoms with E-state index in [4.69, 9.17) is 4.74 Å². The van der Waals surface area contributed by atoms with Crippen molar-refractivity contribution >= 4 is 0 Å². The minimum absolute atomic E-state index is 0.483. The van der Waals surface area contributed by atoms with Gasteiger partial charge in [-0.15, -0.1) is 0 Å². The van der Waals surface area contributed by atoms with Gasteiger partial charge in [0.15, 0.2) is 0 Å². The Balaban J connectivity index is 2.90. The van der Waals surface area contributed by atoms with E-state index in [0.29, 0.717) is 6.04 Å². The lowest BCUT2D eigenvalue weighted by Crippen LogP contribution is -2.26. The molecule has 2 heteroatoms. The smallest absolute Gasteiger partial charge is 0.0616 e. The van der Waals surface area contributed by atoms with Crippen LogP contribution in [0.1, 0.15) is 39.5 Å². The van der Waals surface area contributed by atoms with E-state index < -0.39 is 0 Å². The maximum atomic E-state index is 5.47. The first-order chi connectivity index (χ1) is 5.81. The fourth-order valence-electron chi connectivity index (χ4n) is 0.974. The first kappa shape index (κ1) is 11.9. The quantitative estimate of drug-likeness (QED) is 0.568. The van der Waals surface area contributed by atoms with E-state index in [1.807, 2.05) is 7.05 Å². The van der Waals surface area contributed by atoms with Gasteiger partial charge in [0.2, 0.25) is 0 Å². The molecule has 74 valence electrons. The average Bonchev–Trinajstić information content (AvgIpc) is 2.10. The van der Waals surface area contributed by atoms with E-state index in [9.17, 15) is 0 Å². The minimum Gasteiger partial charge on any atom is -0.380 e. The summed E-state index contributed by atoms with van der Waals surface area (Å²) in [6, 6.07) is 0.483. The third kappa shape index (κ3) is 8.02. The Morgan fingerprint density at radius 1 is 1.25 bits per heavy atom. The van der Waals surface area contributed by atoms with Crippen LogP contribution in [0.3, 0.4) is 0 Å². The molecule has 0 aliphatic carbocycles. The highest BCUT2D eigenvalue weighted by Crippen LogP contribution is 1.98. The van der Waals surface area contributed by atoms with Crippen LogP contribution in [0.5, 0.6) is 0 Å². The molecule has 0 bridgehead atoms. The van der Waals surface area contributed by atoms with Crippen LogP contribution >= 0.6 is 0 Å². The zero-order valence-corrected chi connectivity index (χ0v) is 8.73. The zero-order chi connectivity index (χ0) is 9.23. The molecule has 0 aromatic carbocycles. The summed E-state index contributed by atoms with van der Waals surface area (Å²) < 4.78 is 5.47. The third-order valence-electron chi connectivity index (χ3n) is 2.00. The first-order valence-corrected chi connectivity index (χ1v) is 5.06. The number of unbranched alkanes of at least 4 members (excludes halogenated alkanes) is 3. The first-order valence-electron chi connectivity index (χ1n) is 5.06. The highest BCUT2D eigenvalue weighted by Gasteiger charge is 1.96. The number of hydrogen-bond acceptors (Lipinski definition) is 2. The van der Waals surface area contributed by atoms with Gasteiger partial charge in [-0.1, -0.05) is 26.2 Å². The molecule has 0 aromatic heterocycles. The average molecular weight is 173 g/mol. The Hall–Kier alpha value is -0.0800. The predicted molar refractivity (Wildman–Crippen MR) is 53.5 cm³/mol. The van der Waals surface area contributed by atoms with Crippen molar-refractivity contribution in [2.45, 2.75) is 45.6 Å². The van der Waals surface area contributed by atoms with Crippen molar-refractivity contribution in [2.75, 3.05) is 20.3 Å². The van der Waals surface area contributed by atoms with Crippen molar-refractivity contribution in [3.05, 3.63) is 0 Å². The standard InChI is InChI=1S/C10H23NO/c1-4-5-6-7-8-12-9-10(2)11-3/h10-11H,4-9H2,1-3H3. The van der Waals surface area contributed by atoms with Crippen molar-refractivity contribution in [3.8, 4) is 0 Å². The molecule has 1 atom stereocenters. The zero-order valence-electron chi connectivity index (χ0n) is 8.73. The van der Waals surface area contributed by atoms with Crippen LogP contribution in [0.2, 0.25) is 0 Å². The molecule has 0 saturated carbocycles. The van der Waals surface area contributed by atoms with Gasteiger partial charge in [0.25, 0.3) is 0 Å². The molecule has 0 aromatic rings. The molecule has 0 aliphatic rings. The fraction of sp³-hybridized carbons (Fsp3) is 1.00. The Kier molecular flexibility index (Phi) is 8.95. The van der Waals surface area contributed by atoms with Crippen molar-refractivity contribution < 1.29 is 4.74 Å². The summed E-state index contributed by atoms with van der Waals surface area (Å²) in [6.45, 7) is 6.12. The van der Waals surface area contributed by atoms with Crippen molar-refractivity contribution in [2.24, 2.45) is 0 Å². The Bertz CT molecular complexity index is 85.9. The molecule has 0 aliphatic heterocycles. The third-order valence-corrected chi connectivity index (χ3v) is 2.00. The van der Waals surface area contributed by atoms with E-state index >= 15 is 0 Å². The molecule has 0 saturated heterocycles. The second-order valence-corrected chi connectivity index (χ2v) is 3.33. The van der Waals surface area contributed by atoms with E-state index in [1.54, 1.807) is 0 Å². The van der Waals surface area contributed by atoms with Crippen LogP contribution in [-0.2, 0) is 4.74 Å². The largest absolute Gasteiger partial charge is 0.380 e. The van der Waals surface area contributed by atoms with E-state index in [0.717, 1.165) is 13.2 Å². The topological polar surface area (TPSA) is 21.3 Å². The van der Waals surface area contributed by atoms with Gasteiger partial charge in [-0.25, -0.2) is 0 Å². The van der Waals surface area contributed by atoms with Crippen molar-refractivity contribution in [3.63, 3.8) is 0 Å².